The van der Waals surface area contributed by atoms with Crippen molar-refractivity contribution >= 4 is 0 Å². The Hall–Kier alpha value is -0.0400. The maximum Gasteiger partial charge on any atom is 0.0599 e. The van der Waals surface area contributed by atoms with E-state index in [1.54, 1.807) is 0 Å². The standard InChI is InChI=1S/C9H18O/c1-7-5-4-6-9(10-3)8(7)2/h7-9H,4-6H2,1-3H3/t7-,8-,9-/m1/s1. The lowest BCUT2D eigenvalue weighted by Crippen LogP contribution is -2.30. The summed E-state index contributed by atoms with van der Waals surface area (Å²) in [5.41, 5.74) is 0. The Balaban J connectivity index is 2.42. The number of hydrogen-bond acceptors (Lipinski definition) is 1. The molecule has 60 valence electrons. The number of ether oxygens (including phenoxy) is 1. The summed E-state index contributed by atoms with van der Waals surface area (Å²) in [4.78, 5) is 0. The summed E-state index contributed by atoms with van der Waals surface area (Å²) in [7, 11) is 1.83. The van der Waals surface area contributed by atoms with Gasteiger partial charge in [0.25, 0.3) is 0 Å². The first-order chi connectivity index (χ1) is 4.75. The van der Waals surface area contributed by atoms with Crippen molar-refractivity contribution in [2.75, 3.05) is 7.11 Å². The van der Waals surface area contributed by atoms with Gasteiger partial charge >= 0.3 is 0 Å². The second-order valence-electron chi connectivity index (χ2n) is 3.54. The highest BCUT2D eigenvalue weighted by atomic mass is 16.5. The first kappa shape index (κ1) is 8.06. The van der Waals surface area contributed by atoms with Crippen LogP contribution in [0.25, 0.3) is 0 Å². The zero-order valence-corrected chi connectivity index (χ0v) is 7.26. The molecule has 0 aromatic carbocycles. The summed E-state index contributed by atoms with van der Waals surface area (Å²) in [5, 5.41) is 0. The Morgan fingerprint density at radius 1 is 1.20 bits per heavy atom. The molecule has 0 amide bonds. The van der Waals surface area contributed by atoms with Gasteiger partial charge in [0.1, 0.15) is 0 Å². The first-order valence-corrected chi connectivity index (χ1v) is 4.28. The van der Waals surface area contributed by atoms with Crippen LogP contribution in [-0.2, 0) is 4.74 Å². The summed E-state index contributed by atoms with van der Waals surface area (Å²) >= 11 is 0. The van der Waals surface area contributed by atoms with Crippen LogP contribution in [0.5, 0.6) is 0 Å². The molecule has 1 rings (SSSR count). The normalized spacial score (nSPS) is 41.7. The maximum atomic E-state index is 5.37. The molecule has 1 aliphatic rings. The Labute approximate surface area is 63.8 Å². The van der Waals surface area contributed by atoms with E-state index in [9.17, 15) is 0 Å². The quantitative estimate of drug-likeness (QED) is 0.546. The van der Waals surface area contributed by atoms with Gasteiger partial charge in [-0.25, -0.2) is 0 Å². The number of methoxy groups -OCH3 is 1. The van der Waals surface area contributed by atoms with E-state index in [4.69, 9.17) is 4.74 Å². The molecule has 0 spiro atoms. The highest BCUT2D eigenvalue weighted by molar-refractivity contribution is 4.76. The van der Waals surface area contributed by atoms with Crippen LogP contribution in [0.15, 0.2) is 0 Å². The molecule has 0 aromatic heterocycles. The summed E-state index contributed by atoms with van der Waals surface area (Å²) in [5.74, 6) is 1.62. The average Bonchev–Trinajstić information content (AvgIpc) is 1.95. The summed E-state index contributed by atoms with van der Waals surface area (Å²) in [6.07, 6.45) is 4.54. The van der Waals surface area contributed by atoms with E-state index >= 15 is 0 Å². The van der Waals surface area contributed by atoms with Crippen LogP contribution < -0.4 is 0 Å². The van der Waals surface area contributed by atoms with E-state index in [0.717, 1.165) is 11.8 Å². The van der Waals surface area contributed by atoms with Gasteiger partial charge in [0.15, 0.2) is 0 Å². The summed E-state index contributed by atoms with van der Waals surface area (Å²) < 4.78 is 5.37. The van der Waals surface area contributed by atoms with Crippen molar-refractivity contribution in [3.05, 3.63) is 0 Å². The van der Waals surface area contributed by atoms with E-state index in [0.29, 0.717) is 6.10 Å². The Kier molecular flexibility index (Phi) is 2.72. The average molecular weight is 142 g/mol. The minimum absolute atomic E-state index is 0.531. The molecule has 10 heavy (non-hydrogen) atoms. The number of rotatable bonds is 1. The third-order valence-electron chi connectivity index (χ3n) is 2.93. The summed E-state index contributed by atoms with van der Waals surface area (Å²) in [6.45, 7) is 4.63. The molecule has 1 saturated carbocycles. The molecular weight excluding hydrogens is 124 g/mol. The second-order valence-corrected chi connectivity index (χ2v) is 3.54. The molecule has 0 unspecified atom stereocenters. The van der Waals surface area contributed by atoms with Crippen LogP contribution in [-0.4, -0.2) is 13.2 Å². The van der Waals surface area contributed by atoms with Gasteiger partial charge < -0.3 is 4.74 Å². The smallest absolute Gasteiger partial charge is 0.0599 e. The van der Waals surface area contributed by atoms with Crippen LogP contribution in [0.4, 0.5) is 0 Å². The molecule has 1 nitrogen and oxygen atoms in total. The topological polar surface area (TPSA) is 9.23 Å². The molecule has 0 heterocycles. The van der Waals surface area contributed by atoms with Gasteiger partial charge in [-0.15, -0.1) is 0 Å². The number of hydrogen-bond donors (Lipinski definition) is 0. The fourth-order valence-corrected chi connectivity index (χ4v) is 1.87. The maximum absolute atomic E-state index is 5.37. The molecule has 0 radical (unpaired) electrons. The van der Waals surface area contributed by atoms with Crippen molar-refractivity contribution in [2.45, 2.75) is 39.2 Å². The van der Waals surface area contributed by atoms with Crippen molar-refractivity contribution in [2.24, 2.45) is 11.8 Å². The molecule has 0 saturated heterocycles. The van der Waals surface area contributed by atoms with Crippen LogP contribution in [0.1, 0.15) is 33.1 Å². The van der Waals surface area contributed by atoms with Crippen LogP contribution in [0.3, 0.4) is 0 Å². The van der Waals surface area contributed by atoms with Crippen molar-refractivity contribution < 1.29 is 4.74 Å². The van der Waals surface area contributed by atoms with Gasteiger partial charge in [0.05, 0.1) is 6.10 Å². The lowest BCUT2D eigenvalue weighted by Gasteiger charge is -2.32. The van der Waals surface area contributed by atoms with E-state index in [-0.39, 0.29) is 0 Å². The lowest BCUT2D eigenvalue weighted by atomic mass is 9.79. The third-order valence-corrected chi connectivity index (χ3v) is 2.93. The van der Waals surface area contributed by atoms with E-state index in [1.807, 2.05) is 7.11 Å². The predicted molar refractivity (Wildman–Crippen MR) is 43.0 cm³/mol. The zero-order valence-electron chi connectivity index (χ0n) is 7.26. The van der Waals surface area contributed by atoms with Gasteiger partial charge in [-0.1, -0.05) is 26.7 Å². The third kappa shape index (κ3) is 1.51. The van der Waals surface area contributed by atoms with Gasteiger partial charge in [0, 0.05) is 7.11 Å². The summed E-state index contributed by atoms with van der Waals surface area (Å²) in [6, 6.07) is 0. The Bertz CT molecular complexity index is 101. The van der Waals surface area contributed by atoms with Crippen LogP contribution >= 0.6 is 0 Å². The van der Waals surface area contributed by atoms with Gasteiger partial charge in [0.2, 0.25) is 0 Å². The van der Waals surface area contributed by atoms with Crippen molar-refractivity contribution in [3.63, 3.8) is 0 Å². The molecule has 0 aromatic rings. The lowest BCUT2D eigenvalue weighted by molar-refractivity contribution is 0.00801. The molecule has 0 bridgehead atoms. The molecule has 1 heteroatoms. The van der Waals surface area contributed by atoms with Crippen molar-refractivity contribution in [3.8, 4) is 0 Å². The molecule has 1 fully saturated rings. The molecule has 1 aliphatic carbocycles. The fourth-order valence-electron chi connectivity index (χ4n) is 1.87. The Morgan fingerprint density at radius 3 is 2.40 bits per heavy atom. The van der Waals surface area contributed by atoms with Gasteiger partial charge in [-0.3, -0.25) is 0 Å². The molecular formula is C9H18O. The van der Waals surface area contributed by atoms with Gasteiger partial charge in [-0.2, -0.15) is 0 Å². The first-order valence-electron chi connectivity index (χ1n) is 4.28. The molecule has 0 N–H and O–H groups in total. The minimum Gasteiger partial charge on any atom is -0.381 e. The van der Waals surface area contributed by atoms with E-state index in [1.165, 1.54) is 19.3 Å². The largest absolute Gasteiger partial charge is 0.381 e. The van der Waals surface area contributed by atoms with E-state index in [2.05, 4.69) is 13.8 Å². The zero-order chi connectivity index (χ0) is 7.56. The van der Waals surface area contributed by atoms with E-state index < -0.39 is 0 Å². The van der Waals surface area contributed by atoms with Crippen molar-refractivity contribution in [1.29, 1.82) is 0 Å². The fraction of sp³-hybridized carbons (Fsp3) is 1.00. The van der Waals surface area contributed by atoms with Crippen LogP contribution in [0.2, 0.25) is 0 Å². The molecule has 0 aliphatic heterocycles. The minimum atomic E-state index is 0.531. The second kappa shape index (κ2) is 3.38. The highest BCUT2D eigenvalue weighted by Crippen LogP contribution is 2.30. The van der Waals surface area contributed by atoms with Gasteiger partial charge in [-0.05, 0) is 18.3 Å². The monoisotopic (exact) mass is 142 g/mol. The Morgan fingerprint density at radius 2 is 1.90 bits per heavy atom. The molecule has 3 atom stereocenters. The predicted octanol–water partition coefficient (Wildman–Crippen LogP) is 2.46. The highest BCUT2D eigenvalue weighted by Gasteiger charge is 2.26. The van der Waals surface area contributed by atoms with Crippen LogP contribution in [0, 0.1) is 11.8 Å². The van der Waals surface area contributed by atoms with Crippen molar-refractivity contribution in [1.82, 2.24) is 0 Å². The SMILES string of the molecule is CO[C@@H]1CCC[C@@H](C)[C@H]1C.